The normalized spacial score (nSPS) is 11.2. The molecule has 8 nitrogen and oxygen atoms in total. The van der Waals surface area contributed by atoms with Crippen LogP contribution in [-0.2, 0) is 4.74 Å². The smallest absolute Gasteiger partial charge is 0.345 e. The lowest BCUT2D eigenvalue weighted by molar-refractivity contribution is 0.0603. The lowest BCUT2D eigenvalue weighted by atomic mass is 10.3. The molecule has 0 atom stereocenters. The molecule has 19 heavy (non-hydrogen) atoms. The van der Waals surface area contributed by atoms with E-state index in [2.05, 4.69) is 20.2 Å². The third kappa shape index (κ3) is 4.09. The zero-order valence-corrected chi connectivity index (χ0v) is 11.7. The van der Waals surface area contributed by atoms with Gasteiger partial charge in [-0.1, -0.05) is 0 Å². The zero-order chi connectivity index (χ0) is 14.4. The maximum absolute atomic E-state index is 11.7. The third-order valence-corrected chi connectivity index (χ3v) is 1.95. The van der Waals surface area contributed by atoms with Gasteiger partial charge in [0.2, 0.25) is 0 Å². The first-order valence-corrected chi connectivity index (χ1v) is 5.53. The number of aromatic nitrogens is 2. The Hall–Kier alpha value is -2.38. The number of esters is 1. The molecule has 1 aromatic rings. The van der Waals surface area contributed by atoms with Gasteiger partial charge in [0.1, 0.15) is 0 Å². The number of carbonyl (C=O) groups excluding carboxylic acids is 1. The van der Waals surface area contributed by atoms with Crippen LogP contribution < -0.4 is 0 Å². The maximum Gasteiger partial charge on any atom is 0.345 e. The summed E-state index contributed by atoms with van der Waals surface area (Å²) < 4.78 is 4.72. The van der Waals surface area contributed by atoms with Gasteiger partial charge in [0.05, 0.1) is 19.8 Å². The highest BCUT2D eigenvalue weighted by atomic mass is 16.5. The van der Waals surface area contributed by atoms with E-state index in [1.165, 1.54) is 7.11 Å². The standard InChI is InChI=1S/C11H18N6O2/c1-16(2)6-12-9-8(11(18)19-5)10(15-14-9)13-7-17(3)4/h6-7H,1-5H3,(H,14,15). The average molecular weight is 266 g/mol. The van der Waals surface area contributed by atoms with E-state index in [1.807, 2.05) is 28.2 Å². The number of hydrogen-bond acceptors (Lipinski definition) is 5. The minimum absolute atomic E-state index is 0.207. The fourth-order valence-electron chi connectivity index (χ4n) is 1.14. The highest BCUT2D eigenvalue weighted by Gasteiger charge is 2.20. The van der Waals surface area contributed by atoms with E-state index >= 15 is 0 Å². The van der Waals surface area contributed by atoms with E-state index in [0.717, 1.165) is 0 Å². The maximum atomic E-state index is 11.7. The van der Waals surface area contributed by atoms with Crippen LogP contribution in [0, 0.1) is 0 Å². The Labute approximate surface area is 111 Å². The first-order chi connectivity index (χ1) is 8.95. The molecule has 1 N–H and O–H groups in total. The van der Waals surface area contributed by atoms with Gasteiger partial charge in [0.15, 0.2) is 17.2 Å². The molecular formula is C11H18N6O2. The van der Waals surface area contributed by atoms with Gasteiger partial charge in [-0.3, -0.25) is 5.10 Å². The van der Waals surface area contributed by atoms with Gasteiger partial charge in [-0.2, -0.15) is 5.10 Å². The van der Waals surface area contributed by atoms with Crippen LogP contribution in [0.25, 0.3) is 0 Å². The van der Waals surface area contributed by atoms with Gasteiger partial charge in [0.25, 0.3) is 0 Å². The van der Waals surface area contributed by atoms with E-state index in [9.17, 15) is 4.79 Å². The molecule has 1 heterocycles. The summed E-state index contributed by atoms with van der Waals surface area (Å²) in [5.74, 6) is 0.0171. The number of aliphatic imine (C=N–C) groups is 2. The van der Waals surface area contributed by atoms with Crippen LogP contribution in [0.3, 0.4) is 0 Å². The van der Waals surface area contributed by atoms with Crippen molar-refractivity contribution >= 4 is 30.3 Å². The molecule has 0 spiro atoms. The first-order valence-electron chi connectivity index (χ1n) is 5.53. The molecule has 0 saturated heterocycles. The number of nitrogens with one attached hydrogen (secondary N) is 1. The van der Waals surface area contributed by atoms with Gasteiger partial charge in [-0.15, -0.1) is 0 Å². The molecule has 0 radical (unpaired) electrons. The molecule has 0 saturated carbocycles. The number of hydrogen-bond donors (Lipinski definition) is 1. The van der Waals surface area contributed by atoms with Crippen LogP contribution in [0.5, 0.6) is 0 Å². The molecule has 0 bridgehead atoms. The number of ether oxygens (including phenoxy) is 1. The van der Waals surface area contributed by atoms with Crippen molar-refractivity contribution in [3.8, 4) is 0 Å². The van der Waals surface area contributed by atoms with Crippen LogP contribution in [0.15, 0.2) is 9.98 Å². The molecule has 0 fully saturated rings. The number of methoxy groups -OCH3 is 1. The van der Waals surface area contributed by atoms with Crippen molar-refractivity contribution in [1.82, 2.24) is 20.0 Å². The Morgan fingerprint density at radius 2 is 1.79 bits per heavy atom. The molecule has 0 aliphatic rings. The number of carbonyl (C=O) groups is 1. The minimum atomic E-state index is -0.537. The van der Waals surface area contributed by atoms with Crippen molar-refractivity contribution in [3.63, 3.8) is 0 Å². The summed E-state index contributed by atoms with van der Waals surface area (Å²) in [7, 11) is 8.58. The Balaban J connectivity index is 3.16. The molecule has 1 rings (SSSR count). The average Bonchev–Trinajstić information content (AvgIpc) is 2.75. The Kier molecular flexibility index (Phi) is 5.04. The van der Waals surface area contributed by atoms with Crippen molar-refractivity contribution in [2.75, 3.05) is 35.3 Å². The van der Waals surface area contributed by atoms with Crippen LogP contribution in [0.1, 0.15) is 10.4 Å². The van der Waals surface area contributed by atoms with Crippen molar-refractivity contribution in [2.24, 2.45) is 9.98 Å². The molecule has 0 aliphatic carbocycles. The molecule has 1 aromatic heterocycles. The lowest BCUT2D eigenvalue weighted by Crippen LogP contribution is -2.08. The summed E-state index contributed by atoms with van der Waals surface area (Å²) in [6.07, 6.45) is 3.10. The summed E-state index contributed by atoms with van der Waals surface area (Å²) in [5.41, 5.74) is 0.207. The Morgan fingerprint density at radius 3 is 2.32 bits per heavy atom. The number of H-pyrrole nitrogens is 1. The van der Waals surface area contributed by atoms with E-state index < -0.39 is 5.97 Å². The number of rotatable bonds is 5. The van der Waals surface area contributed by atoms with E-state index in [4.69, 9.17) is 4.74 Å². The summed E-state index contributed by atoms with van der Waals surface area (Å²) in [5, 5.41) is 6.61. The second-order valence-electron chi connectivity index (χ2n) is 4.18. The SMILES string of the molecule is COC(=O)c1c(N=CN(C)C)n[nH]c1N=CN(C)C. The summed E-state index contributed by atoms with van der Waals surface area (Å²) in [6.45, 7) is 0. The second-order valence-corrected chi connectivity index (χ2v) is 4.18. The molecule has 0 aliphatic heterocycles. The van der Waals surface area contributed by atoms with Gasteiger partial charge in [0, 0.05) is 28.2 Å². The van der Waals surface area contributed by atoms with Crippen molar-refractivity contribution < 1.29 is 9.53 Å². The number of aromatic amines is 1. The lowest BCUT2D eigenvalue weighted by Gasteiger charge is -2.03. The van der Waals surface area contributed by atoms with E-state index in [1.54, 1.807) is 22.5 Å². The second kappa shape index (κ2) is 6.53. The van der Waals surface area contributed by atoms with Crippen molar-refractivity contribution in [2.45, 2.75) is 0 Å². The molecule has 8 heteroatoms. The fraction of sp³-hybridized carbons (Fsp3) is 0.455. The minimum Gasteiger partial charge on any atom is -0.465 e. The topological polar surface area (TPSA) is 86.2 Å². The Bertz CT molecular complexity index is 454. The van der Waals surface area contributed by atoms with Gasteiger partial charge < -0.3 is 14.5 Å². The van der Waals surface area contributed by atoms with Crippen molar-refractivity contribution in [1.29, 1.82) is 0 Å². The van der Waals surface area contributed by atoms with Crippen LogP contribution >= 0.6 is 0 Å². The predicted octanol–water partition coefficient (Wildman–Crippen LogP) is 0.639. The van der Waals surface area contributed by atoms with E-state index in [0.29, 0.717) is 5.82 Å². The summed E-state index contributed by atoms with van der Waals surface area (Å²) >= 11 is 0. The highest BCUT2D eigenvalue weighted by molar-refractivity contribution is 5.99. The van der Waals surface area contributed by atoms with Crippen LogP contribution in [0.2, 0.25) is 0 Å². The van der Waals surface area contributed by atoms with Gasteiger partial charge >= 0.3 is 5.97 Å². The quantitative estimate of drug-likeness (QED) is 0.480. The zero-order valence-electron chi connectivity index (χ0n) is 11.7. The monoisotopic (exact) mass is 266 g/mol. The van der Waals surface area contributed by atoms with Crippen molar-refractivity contribution in [3.05, 3.63) is 5.56 Å². The predicted molar refractivity (Wildman–Crippen MR) is 73.6 cm³/mol. The molecule has 0 amide bonds. The van der Waals surface area contributed by atoms with E-state index in [-0.39, 0.29) is 11.4 Å². The fourth-order valence-corrected chi connectivity index (χ4v) is 1.14. The Morgan fingerprint density at radius 1 is 1.21 bits per heavy atom. The highest BCUT2D eigenvalue weighted by Crippen LogP contribution is 2.26. The van der Waals surface area contributed by atoms with Gasteiger partial charge in [-0.05, 0) is 0 Å². The molecule has 0 unspecified atom stereocenters. The summed E-state index contributed by atoms with van der Waals surface area (Å²) in [6, 6.07) is 0. The number of nitrogens with zero attached hydrogens (tertiary/aromatic N) is 5. The molecule has 104 valence electrons. The summed E-state index contributed by atoms with van der Waals surface area (Å²) in [4.78, 5) is 23.4. The van der Waals surface area contributed by atoms with Gasteiger partial charge in [-0.25, -0.2) is 14.8 Å². The first kappa shape index (κ1) is 14.7. The van der Waals surface area contributed by atoms with Crippen LogP contribution in [-0.4, -0.2) is 73.9 Å². The van der Waals surface area contributed by atoms with Crippen LogP contribution in [0.4, 0.5) is 11.6 Å². The molecule has 0 aromatic carbocycles. The largest absolute Gasteiger partial charge is 0.465 e. The molecular weight excluding hydrogens is 248 g/mol. The third-order valence-electron chi connectivity index (χ3n) is 1.95.